The lowest BCUT2D eigenvalue weighted by Gasteiger charge is -2.56. The zero-order valence-corrected chi connectivity index (χ0v) is 20.8. The van der Waals surface area contributed by atoms with Gasteiger partial charge < -0.3 is 9.64 Å². The molecule has 2 spiro atoms. The summed E-state index contributed by atoms with van der Waals surface area (Å²) in [6.07, 6.45) is 22.1. The minimum absolute atomic E-state index is 0.0165. The fraction of sp³-hybridized carbons (Fsp3) is 0.700. The molecule has 2 saturated heterocycles. The van der Waals surface area contributed by atoms with Crippen molar-refractivity contribution in [2.75, 3.05) is 19.6 Å². The molecule has 34 heavy (non-hydrogen) atoms. The van der Waals surface area contributed by atoms with Crippen molar-refractivity contribution < 1.29 is 4.74 Å². The highest BCUT2D eigenvalue weighted by molar-refractivity contribution is 5.47. The summed E-state index contributed by atoms with van der Waals surface area (Å²) in [4.78, 5) is 10.00. The van der Waals surface area contributed by atoms with E-state index in [1.165, 1.54) is 95.0 Å². The molecule has 0 N–H and O–H groups in total. The van der Waals surface area contributed by atoms with Crippen molar-refractivity contribution in [2.24, 2.45) is 11.3 Å². The Hall–Kier alpha value is -1.49. The zero-order chi connectivity index (χ0) is 22.5. The monoisotopic (exact) mass is 457 g/mol. The van der Waals surface area contributed by atoms with Crippen LogP contribution in [0.15, 0.2) is 41.8 Å². The first-order chi connectivity index (χ1) is 16.6. The molecule has 2 unspecified atom stereocenters. The molecule has 2 saturated carbocycles. The number of likely N-dealkylation sites (tertiary alicyclic amines) is 1. The normalized spacial score (nSPS) is 45.4. The number of pyridine rings is 1. The van der Waals surface area contributed by atoms with Crippen LogP contribution in [0.2, 0.25) is 0 Å². The average molecular weight is 458 g/mol. The van der Waals surface area contributed by atoms with Crippen molar-refractivity contribution in [1.29, 1.82) is 0 Å². The van der Waals surface area contributed by atoms with E-state index in [9.17, 15) is 0 Å². The van der Waals surface area contributed by atoms with Gasteiger partial charge >= 0.3 is 0 Å². The van der Waals surface area contributed by atoms with Gasteiger partial charge in [-0.1, -0.05) is 19.1 Å². The van der Waals surface area contributed by atoms with Crippen molar-refractivity contribution in [3.8, 4) is 0 Å². The Morgan fingerprint density at radius 1 is 1.03 bits per heavy atom. The van der Waals surface area contributed by atoms with Crippen LogP contribution in [-0.4, -0.2) is 57.7 Å². The summed E-state index contributed by atoms with van der Waals surface area (Å²) in [5, 5.41) is 0. The second-order valence-corrected chi connectivity index (χ2v) is 12.8. The van der Waals surface area contributed by atoms with Crippen LogP contribution in [0.4, 0.5) is 0 Å². The molecule has 0 aromatic carbocycles. The van der Waals surface area contributed by atoms with Gasteiger partial charge in [0, 0.05) is 37.6 Å². The van der Waals surface area contributed by atoms with Crippen LogP contribution in [0, 0.1) is 11.3 Å². The number of aromatic nitrogens is 1. The number of nitrogens with zero attached hydrogens (tertiary/aromatic N) is 3. The van der Waals surface area contributed by atoms with Crippen LogP contribution in [0.1, 0.15) is 75.8 Å². The van der Waals surface area contributed by atoms with Gasteiger partial charge in [-0.3, -0.25) is 9.88 Å². The molecule has 5 heterocycles. The summed E-state index contributed by atoms with van der Waals surface area (Å²) in [5.74, 6) is 0.654. The minimum atomic E-state index is -0.0165. The summed E-state index contributed by atoms with van der Waals surface area (Å²) in [7, 11) is 0. The molecule has 0 radical (unpaired) electrons. The van der Waals surface area contributed by atoms with E-state index < -0.39 is 0 Å². The van der Waals surface area contributed by atoms with Crippen LogP contribution >= 0.6 is 0 Å². The largest absolute Gasteiger partial charge is 0.359 e. The Morgan fingerprint density at radius 2 is 1.97 bits per heavy atom. The van der Waals surface area contributed by atoms with Crippen LogP contribution in [0.25, 0.3) is 0 Å². The molecule has 1 aromatic rings. The molecule has 180 valence electrons. The topological polar surface area (TPSA) is 28.6 Å². The van der Waals surface area contributed by atoms with E-state index in [0.29, 0.717) is 17.4 Å². The van der Waals surface area contributed by atoms with E-state index in [2.05, 4.69) is 46.1 Å². The molecule has 4 aliphatic heterocycles. The molecule has 7 aliphatic rings. The quantitative estimate of drug-likeness (QED) is 0.622. The predicted octanol–water partition coefficient (Wildman–Crippen LogP) is 5.04. The van der Waals surface area contributed by atoms with Crippen molar-refractivity contribution in [3.63, 3.8) is 0 Å². The van der Waals surface area contributed by atoms with E-state index in [4.69, 9.17) is 4.74 Å². The maximum Gasteiger partial charge on any atom is 0.0975 e. The maximum atomic E-state index is 7.51. The lowest BCUT2D eigenvalue weighted by Crippen LogP contribution is -2.58. The van der Waals surface area contributed by atoms with Crippen LogP contribution in [0.3, 0.4) is 0 Å². The van der Waals surface area contributed by atoms with Gasteiger partial charge in [0.1, 0.15) is 0 Å². The second-order valence-electron chi connectivity index (χ2n) is 12.8. The van der Waals surface area contributed by atoms with Gasteiger partial charge in [0.05, 0.1) is 11.2 Å². The van der Waals surface area contributed by atoms with Gasteiger partial charge in [-0.25, -0.2) is 0 Å². The smallest absolute Gasteiger partial charge is 0.0975 e. The molecule has 2 bridgehead atoms. The summed E-state index contributed by atoms with van der Waals surface area (Å²) in [5.41, 5.74) is 6.50. The highest BCUT2D eigenvalue weighted by Gasteiger charge is 2.67. The molecular formula is C30H39N3O. The molecular weight excluding hydrogens is 418 g/mol. The molecule has 8 rings (SSSR count). The molecule has 4 nitrogen and oxygen atoms in total. The zero-order valence-electron chi connectivity index (χ0n) is 20.8. The van der Waals surface area contributed by atoms with Crippen molar-refractivity contribution in [2.45, 2.75) is 101 Å². The van der Waals surface area contributed by atoms with Crippen molar-refractivity contribution in [1.82, 2.24) is 14.8 Å². The molecule has 4 fully saturated rings. The molecule has 0 amide bonds. The van der Waals surface area contributed by atoms with Crippen molar-refractivity contribution in [3.05, 3.63) is 52.9 Å². The van der Waals surface area contributed by atoms with E-state index in [1.54, 1.807) is 11.1 Å². The van der Waals surface area contributed by atoms with Gasteiger partial charge in [-0.05, 0) is 117 Å². The highest BCUT2D eigenvalue weighted by atomic mass is 16.5. The first-order valence-electron chi connectivity index (χ1n) is 14.1. The first-order valence-corrected chi connectivity index (χ1v) is 14.1. The molecule has 4 heteroatoms. The Kier molecular flexibility index (Phi) is 4.29. The summed E-state index contributed by atoms with van der Waals surface area (Å²) < 4.78 is 7.51. The van der Waals surface area contributed by atoms with E-state index >= 15 is 0 Å². The first kappa shape index (κ1) is 20.7. The fourth-order valence-electron chi connectivity index (χ4n) is 9.64. The predicted molar refractivity (Wildman–Crippen MR) is 133 cm³/mol. The Morgan fingerprint density at radius 3 is 2.85 bits per heavy atom. The Balaban J connectivity index is 1.11. The second kappa shape index (κ2) is 7.05. The summed E-state index contributed by atoms with van der Waals surface area (Å²) in [6, 6.07) is 3.64. The van der Waals surface area contributed by atoms with Gasteiger partial charge in [-0.2, -0.15) is 0 Å². The lowest BCUT2D eigenvalue weighted by atomic mass is 9.59. The number of fused-ring (bicyclic) bond motifs is 2. The molecule has 3 aliphatic carbocycles. The standard InChI is InChI=1S/C30H39N3O/c1-28-10-7-24-17-23-3-4-25(32-14-2-15-32)18-29(23)11-12-30(24,34-29)26(28)5-6-27(28)33-16-9-21-8-13-31-19-22(21)20-33/h7-8,13,17,19,25-27H,2-6,9-12,14-16,18,20H2,1H3/t25-,26-,27?,28?,29-,30-/m1/s1. The third kappa shape index (κ3) is 2.63. The van der Waals surface area contributed by atoms with Crippen LogP contribution < -0.4 is 0 Å². The third-order valence-electron chi connectivity index (χ3n) is 11.5. The Bertz CT molecular complexity index is 1090. The Labute approximate surface area is 204 Å². The SMILES string of the molecule is CC12CC=C3C=C4CC[C@@H](N5CCC5)C[C@]45CC[C@]3(O5)[C@@H]1CCC2N1CCc2ccncc2C1. The number of rotatable bonds is 2. The van der Waals surface area contributed by atoms with Gasteiger partial charge in [-0.15, -0.1) is 0 Å². The summed E-state index contributed by atoms with van der Waals surface area (Å²) in [6.45, 7) is 7.51. The average Bonchev–Trinajstić information content (AvgIpc) is 3.33. The maximum absolute atomic E-state index is 7.51. The van der Waals surface area contributed by atoms with Crippen LogP contribution in [0.5, 0.6) is 0 Å². The lowest BCUT2D eigenvalue weighted by molar-refractivity contribution is -0.147. The number of hydrogen-bond donors (Lipinski definition) is 0. The number of hydrogen-bond acceptors (Lipinski definition) is 4. The van der Waals surface area contributed by atoms with Gasteiger partial charge in [0.25, 0.3) is 0 Å². The molecule has 1 aromatic heterocycles. The van der Waals surface area contributed by atoms with E-state index in [-0.39, 0.29) is 11.2 Å². The minimum Gasteiger partial charge on any atom is -0.359 e. The molecule has 6 atom stereocenters. The van der Waals surface area contributed by atoms with Crippen molar-refractivity contribution >= 4 is 0 Å². The summed E-state index contributed by atoms with van der Waals surface area (Å²) >= 11 is 0. The fourth-order valence-corrected chi connectivity index (χ4v) is 9.64. The van der Waals surface area contributed by atoms with E-state index in [1.807, 2.05) is 6.20 Å². The number of ether oxygens (including phenoxy) is 1. The number of allylic oxidation sites excluding steroid dienone is 1. The highest BCUT2D eigenvalue weighted by Crippen LogP contribution is 2.67. The van der Waals surface area contributed by atoms with E-state index in [0.717, 1.165) is 12.6 Å². The van der Waals surface area contributed by atoms with Gasteiger partial charge in [0.2, 0.25) is 0 Å². The van der Waals surface area contributed by atoms with Gasteiger partial charge in [0.15, 0.2) is 0 Å². The third-order valence-corrected chi connectivity index (χ3v) is 11.5. The van der Waals surface area contributed by atoms with Crippen LogP contribution in [-0.2, 0) is 17.7 Å².